The molecule has 0 bridgehead atoms. The summed E-state index contributed by atoms with van der Waals surface area (Å²) in [6.07, 6.45) is 2.95. The van der Waals surface area contributed by atoms with E-state index in [4.69, 9.17) is 5.73 Å². The van der Waals surface area contributed by atoms with Crippen molar-refractivity contribution in [3.63, 3.8) is 0 Å². The number of rotatable bonds is 5. The highest BCUT2D eigenvalue weighted by molar-refractivity contribution is 8.04. The van der Waals surface area contributed by atoms with E-state index in [1.54, 1.807) is 34.1 Å². The fraction of sp³-hybridized carbons (Fsp3) is 0.207. The number of amides is 3. The van der Waals surface area contributed by atoms with Crippen molar-refractivity contribution in [2.75, 3.05) is 18.0 Å². The van der Waals surface area contributed by atoms with Crippen LogP contribution < -0.4 is 10.6 Å². The third-order valence-corrected chi connectivity index (χ3v) is 7.79. The molecule has 0 spiro atoms. The van der Waals surface area contributed by atoms with Crippen LogP contribution in [0.3, 0.4) is 0 Å². The summed E-state index contributed by atoms with van der Waals surface area (Å²) in [4.78, 5) is 43.2. The smallest absolute Gasteiger partial charge is 0.265 e. The quantitative estimate of drug-likeness (QED) is 0.493. The molecule has 1 fully saturated rings. The minimum absolute atomic E-state index is 0.143. The SMILES string of the molecule is NC(=O)C1CCN(C(=O)c2ccc3c(c2)N(Cc2ccc(F)cc2)C(=O)/C(=C/c2ccccc2)S3)CC1. The van der Waals surface area contributed by atoms with Gasteiger partial charge < -0.3 is 15.5 Å². The summed E-state index contributed by atoms with van der Waals surface area (Å²) in [5, 5.41) is 0. The molecular weight excluding hydrogens is 489 g/mol. The van der Waals surface area contributed by atoms with Gasteiger partial charge in [-0.1, -0.05) is 54.2 Å². The number of carbonyl (C=O) groups is 3. The van der Waals surface area contributed by atoms with Crippen LogP contribution in [-0.4, -0.2) is 35.7 Å². The highest BCUT2D eigenvalue weighted by atomic mass is 32.2. The molecule has 1 saturated heterocycles. The first-order chi connectivity index (χ1) is 17.9. The Morgan fingerprint density at radius 2 is 1.70 bits per heavy atom. The van der Waals surface area contributed by atoms with Crippen LogP contribution in [0.2, 0.25) is 0 Å². The lowest BCUT2D eigenvalue weighted by Crippen LogP contribution is -2.41. The van der Waals surface area contributed by atoms with Crippen LogP contribution in [0, 0.1) is 11.7 Å². The molecule has 0 atom stereocenters. The summed E-state index contributed by atoms with van der Waals surface area (Å²) in [6, 6.07) is 21.1. The number of hydrogen-bond donors (Lipinski definition) is 1. The molecule has 0 aliphatic carbocycles. The van der Waals surface area contributed by atoms with E-state index in [1.807, 2.05) is 42.5 Å². The summed E-state index contributed by atoms with van der Waals surface area (Å²) < 4.78 is 13.5. The van der Waals surface area contributed by atoms with E-state index in [-0.39, 0.29) is 36.0 Å². The zero-order valence-corrected chi connectivity index (χ0v) is 20.9. The molecule has 6 nitrogen and oxygen atoms in total. The summed E-state index contributed by atoms with van der Waals surface area (Å²) in [5.74, 6) is -1.20. The molecule has 3 aromatic rings. The van der Waals surface area contributed by atoms with E-state index in [9.17, 15) is 18.8 Å². The zero-order valence-electron chi connectivity index (χ0n) is 20.1. The number of benzene rings is 3. The van der Waals surface area contributed by atoms with Crippen LogP contribution in [0.1, 0.15) is 34.3 Å². The van der Waals surface area contributed by atoms with Crippen molar-refractivity contribution in [1.29, 1.82) is 0 Å². The van der Waals surface area contributed by atoms with Crippen LogP contribution in [-0.2, 0) is 16.1 Å². The Kier molecular flexibility index (Phi) is 7.10. The second kappa shape index (κ2) is 10.6. The number of piperidine rings is 1. The molecule has 37 heavy (non-hydrogen) atoms. The number of thioether (sulfide) groups is 1. The second-order valence-corrected chi connectivity index (χ2v) is 10.3. The lowest BCUT2D eigenvalue weighted by molar-refractivity contribution is -0.123. The van der Waals surface area contributed by atoms with Crippen LogP contribution in [0.25, 0.3) is 6.08 Å². The number of carbonyl (C=O) groups excluding carboxylic acids is 3. The van der Waals surface area contributed by atoms with Gasteiger partial charge in [0.2, 0.25) is 5.91 Å². The topological polar surface area (TPSA) is 83.7 Å². The predicted octanol–water partition coefficient (Wildman–Crippen LogP) is 4.84. The Morgan fingerprint density at radius 1 is 1.00 bits per heavy atom. The van der Waals surface area contributed by atoms with Crippen molar-refractivity contribution < 1.29 is 18.8 Å². The lowest BCUT2D eigenvalue weighted by Gasteiger charge is -2.33. The number of anilines is 1. The van der Waals surface area contributed by atoms with Crippen LogP contribution >= 0.6 is 11.8 Å². The molecule has 2 N–H and O–H groups in total. The summed E-state index contributed by atoms with van der Waals surface area (Å²) in [7, 11) is 0. The number of hydrogen-bond acceptors (Lipinski definition) is 4. The highest BCUT2D eigenvalue weighted by Crippen LogP contribution is 2.43. The molecule has 0 radical (unpaired) electrons. The number of nitrogens with zero attached hydrogens (tertiary/aromatic N) is 2. The van der Waals surface area contributed by atoms with Crippen LogP contribution in [0.15, 0.2) is 82.6 Å². The van der Waals surface area contributed by atoms with Crippen molar-refractivity contribution in [2.45, 2.75) is 24.3 Å². The van der Waals surface area contributed by atoms with Crippen molar-refractivity contribution >= 4 is 41.2 Å². The molecule has 188 valence electrons. The lowest BCUT2D eigenvalue weighted by atomic mass is 9.96. The Bertz CT molecular complexity index is 1370. The molecule has 0 unspecified atom stereocenters. The monoisotopic (exact) mass is 515 g/mol. The Morgan fingerprint density at radius 3 is 2.38 bits per heavy atom. The average Bonchev–Trinajstić information content (AvgIpc) is 2.92. The number of halogens is 1. The Hall–Kier alpha value is -3.91. The fourth-order valence-electron chi connectivity index (χ4n) is 4.62. The maximum Gasteiger partial charge on any atom is 0.265 e. The van der Waals surface area contributed by atoms with E-state index in [2.05, 4.69) is 0 Å². The van der Waals surface area contributed by atoms with Gasteiger partial charge in [0.25, 0.3) is 11.8 Å². The summed E-state index contributed by atoms with van der Waals surface area (Å²) in [6.45, 7) is 1.15. The first-order valence-electron chi connectivity index (χ1n) is 12.1. The van der Waals surface area contributed by atoms with Gasteiger partial charge in [0, 0.05) is 29.5 Å². The van der Waals surface area contributed by atoms with Gasteiger partial charge in [-0.05, 0) is 60.4 Å². The predicted molar refractivity (Wildman–Crippen MR) is 142 cm³/mol. The summed E-state index contributed by atoms with van der Waals surface area (Å²) >= 11 is 1.37. The van der Waals surface area contributed by atoms with Gasteiger partial charge in [0.1, 0.15) is 5.82 Å². The van der Waals surface area contributed by atoms with Crippen LogP contribution in [0.5, 0.6) is 0 Å². The second-order valence-electron chi connectivity index (χ2n) is 9.19. The van der Waals surface area contributed by atoms with Crippen LogP contribution in [0.4, 0.5) is 10.1 Å². The van der Waals surface area contributed by atoms with Gasteiger partial charge in [0.05, 0.1) is 17.1 Å². The van der Waals surface area contributed by atoms with Crippen molar-refractivity contribution in [3.05, 3.63) is 100 Å². The van der Waals surface area contributed by atoms with Crippen molar-refractivity contribution in [2.24, 2.45) is 11.7 Å². The third kappa shape index (κ3) is 5.44. The minimum atomic E-state index is -0.345. The molecule has 0 aromatic heterocycles. The van der Waals surface area contributed by atoms with Gasteiger partial charge in [-0.3, -0.25) is 14.4 Å². The van der Waals surface area contributed by atoms with Gasteiger partial charge in [-0.15, -0.1) is 0 Å². The maximum atomic E-state index is 13.7. The van der Waals surface area contributed by atoms with E-state index >= 15 is 0 Å². The standard InChI is InChI=1S/C29H26FN3O3S/c30-23-9-6-20(7-10-23)18-33-24-17-22(28(35)32-14-12-21(13-15-32)27(31)34)8-11-25(24)37-26(29(33)36)16-19-4-2-1-3-5-19/h1-11,16-17,21H,12-15,18H2,(H2,31,34)/b26-16-. The molecule has 2 aliphatic heterocycles. The minimum Gasteiger partial charge on any atom is -0.369 e. The van der Waals surface area contributed by atoms with Crippen molar-refractivity contribution in [1.82, 2.24) is 4.90 Å². The van der Waals surface area contributed by atoms with E-state index in [0.717, 1.165) is 16.0 Å². The molecule has 5 rings (SSSR count). The van der Waals surface area contributed by atoms with E-state index in [0.29, 0.717) is 42.1 Å². The largest absolute Gasteiger partial charge is 0.369 e. The first-order valence-corrected chi connectivity index (χ1v) is 12.9. The number of nitrogens with two attached hydrogens (primary N) is 1. The molecule has 0 saturated carbocycles. The summed E-state index contributed by atoms with van der Waals surface area (Å²) in [5.41, 5.74) is 8.23. The molecular formula is C29H26FN3O3S. The van der Waals surface area contributed by atoms with Gasteiger partial charge in [-0.2, -0.15) is 0 Å². The molecule has 2 heterocycles. The van der Waals surface area contributed by atoms with E-state index in [1.165, 1.54) is 23.9 Å². The maximum absolute atomic E-state index is 13.7. The normalized spacial score (nSPS) is 17.1. The molecule has 3 aromatic carbocycles. The van der Waals surface area contributed by atoms with Gasteiger partial charge >= 0.3 is 0 Å². The fourth-order valence-corrected chi connectivity index (χ4v) is 5.66. The first kappa shape index (κ1) is 24.8. The molecule has 3 amide bonds. The van der Waals surface area contributed by atoms with Crippen molar-refractivity contribution in [3.8, 4) is 0 Å². The molecule has 8 heteroatoms. The Labute approximate surface area is 218 Å². The number of likely N-dealkylation sites (tertiary alicyclic amines) is 1. The van der Waals surface area contributed by atoms with Gasteiger partial charge in [0.15, 0.2) is 0 Å². The number of primary amides is 1. The zero-order chi connectivity index (χ0) is 25.9. The van der Waals surface area contributed by atoms with Gasteiger partial charge in [-0.25, -0.2) is 4.39 Å². The number of fused-ring (bicyclic) bond motifs is 1. The Balaban J connectivity index is 1.47. The average molecular weight is 516 g/mol. The van der Waals surface area contributed by atoms with E-state index < -0.39 is 0 Å². The highest BCUT2D eigenvalue weighted by Gasteiger charge is 2.32. The molecule has 2 aliphatic rings. The third-order valence-electron chi connectivity index (χ3n) is 6.71.